The van der Waals surface area contributed by atoms with Crippen molar-refractivity contribution in [2.75, 3.05) is 7.11 Å². The fourth-order valence-corrected chi connectivity index (χ4v) is 0.825. The lowest BCUT2D eigenvalue weighted by Crippen LogP contribution is -2.41. The molecule has 1 N–H and O–H groups in total. The van der Waals surface area contributed by atoms with E-state index in [4.69, 9.17) is 0 Å². The average molecular weight is 201 g/mol. The van der Waals surface area contributed by atoms with Gasteiger partial charge in [-0.1, -0.05) is 20.8 Å². The second-order valence-electron chi connectivity index (χ2n) is 4.40. The van der Waals surface area contributed by atoms with Crippen molar-refractivity contribution in [3.63, 3.8) is 0 Å². The summed E-state index contributed by atoms with van der Waals surface area (Å²) < 4.78 is 4.50. The normalized spacial score (nSPS) is 13.2. The maximum atomic E-state index is 11.5. The topological polar surface area (TPSA) is 55.4 Å². The molecule has 1 amide bonds. The predicted octanol–water partition coefficient (Wildman–Crippen LogP) is 1.10. The Morgan fingerprint density at radius 3 is 2.21 bits per heavy atom. The standard InChI is InChI=1S/C10H19NO3/c1-7(6-8(12)14-5)11-9(13)10(2,3)4/h7H,6H2,1-5H3,(H,11,13)/t7-/m1/s1. The number of nitrogens with one attached hydrogen (secondary N) is 1. The van der Waals surface area contributed by atoms with Gasteiger partial charge in [-0.3, -0.25) is 9.59 Å². The van der Waals surface area contributed by atoms with E-state index < -0.39 is 5.41 Å². The first kappa shape index (κ1) is 12.9. The highest BCUT2D eigenvalue weighted by molar-refractivity contribution is 5.82. The van der Waals surface area contributed by atoms with Crippen molar-refractivity contribution in [2.45, 2.75) is 40.2 Å². The number of hydrogen-bond donors (Lipinski definition) is 1. The average Bonchev–Trinajstić information content (AvgIpc) is 2.02. The molecule has 0 radical (unpaired) electrons. The molecule has 14 heavy (non-hydrogen) atoms. The Morgan fingerprint density at radius 2 is 1.86 bits per heavy atom. The molecule has 0 heterocycles. The van der Waals surface area contributed by atoms with Crippen LogP contribution in [0.25, 0.3) is 0 Å². The predicted molar refractivity (Wildman–Crippen MR) is 53.7 cm³/mol. The smallest absolute Gasteiger partial charge is 0.307 e. The summed E-state index contributed by atoms with van der Waals surface area (Å²) in [6, 6.07) is -0.186. The Morgan fingerprint density at radius 1 is 1.36 bits per heavy atom. The van der Waals surface area contributed by atoms with E-state index in [1.54, 1.807) is 6.92 Å². The van der Waals surface area contributed by atoms with Gasteiger partial charge in [0.2, 0.25) is 5.91 Å². The zero-order valence-corrected chi connectivity index (χ0v) is 9.51. The highest BCUT2D eigenvalue weighted by atomic mass is 16.5. The minimum Gasteiger partial charge on any atom is -0.469 e. The zero-order valence-electron chi connectivity index (χ0n) is 9.51. The van der Waals surface area contributed by atoms with Gasteiger partial charge in [0.1, 0.15) is 0 Å². The van der Waals surface area contributed by atoms with Crippen LogP contribution < -0.4 is 5.32 Å². The maximum absolute atomic E-state index is 11.5. The summed E-state index contributed by atoms with van der Waals surface area (Å²) in [6.07, 6.45) is 0.207. The van der Waals surface area contributed by atoms with Gasteiger partial charge in [-0.2, -0.15) is 0 Å². The maximum Gasteiger partial charge on any atom is 0.307 e. The number of esters is 1. The summed E-state index contributed by atoms with van der Waals surface area (Å²) in [7, 11) is 1.33. The molecule has 0 fully saturated rings. The van der Waals surface area contributed by atoms with Crippen LogP contribution in [0, 0.1) is 5.41 Å². The molecule has 0 aliphatic rings. The van der Waals surface area contributed by atoms with Crippen molar-refractivity contribution in [1.82, 2.24) is 5.32 Å². The Balaban J connectivity index is 4.01. The quantitative estimate of drug-likeness (QED) is 0.696. The summed E-state index contributed by atoms with van der Waals surface area (Å²) in [5.41, 5.74) is -0.426. The van der Waals surface area contributed by atoms with Gasteiger partial charge in [0.25, 0.3) is 0 Å². The summed E-state index contributed by atoms with van der Waals surface area (Å²) in [6.45, 7) is 7.26. The Hall–Kier alpha value is -1.06. The van der Waals surface area contributed by atoms with Crippen molar-refractivity contribution in [3.8, 4) is 0 Å². The van der Waals surface area contributed by atoms with Gasteiger partial charge in [-0.15, -0.1) is 0 Å². The van der Waals surface area contributed by atoms with E-state index in [1.807, 2.05) is 20.8 Å². The molecule has 0 saturated heterocycles. The van der Waals surface area contributed by atoms with Gasteiger partial charge in [0.05, 0.1) is 13.5 Å². The second kappa shape index (κ2) is 4.98. The lowest BCUT2D eigenvalue weighted by Gasteiger charge is -2.21. The van der Waals surface area contributed by atoms with Crippen LogP contribution in [-0.4, -0.2) is 25.0 Å². The van der Waals surface area contributed by atoms with E-state index in [9.17, 15) is 9.59 Å². The first-order valence-corrected chi connectivity index (χ1v) is 4.65. The minimum atomic E-state index is -0.426. The van der Waals surface area contributed by atoms with Crippen LogP contribution in [0.5, 0.6) is 0 Å². The van der Waals surface area contributed by atoms with Crippen LogP contribution in [0.2, 0.25) is 0 Å². The van der Waals surface area contributed by atoms with Crippen molar-refractivity contribution in [2.24, 2.45) is 5.41 Å². The van der Waals surface area contributed by atoms with Crippen molar-refractivity contribution in [1.29, 1.82) is 0 Å². The fourth-order valence-electron chi connectivity index (χ4n) is 0.825. The molecule has 0 aromatic heterocycles. The highest BCUT2D eigenvalue weighted by Gasteiger charge is 2.23. The van der Waals surface area contributed by atoms with Gasteiger partial charge in [0, 0.05) is 11.5 Å². The lowest BCUT2D eigenvalue weighted by atomic mass is 9.95. The van der Waals surface area contributed by atoms with E-state index in [-0.39, 0.29) is 24.3 Å². The number of rotatable bonds is 3. The fraction of sp³-hybridized carbons (Fsp3) is 0.800. The number of methoxy groups -OCH3 is 1. The van der Waals surface area contributed by atoms with E-state index in [0.29, 0.717) is 0 Å². The number of amides is 1. The molecule has 0 spiro atoms. The first-order valence-electron chi connectivity index (χ1n) is 4.65. The third-order valence-electron chi connectivity index (χ3n) is 1.76. The minimum absolute atomic E-state index is 0.0612. The van der Waals surface area contributed by atoms with Crippen LogP contribution in [0.1, 0.15) is 34.1 Å². The van der Waals surface area contributed by atoms with Crippen LogP contribution >= 0.6 is 0 Å². The van der Waals surface area contributed by atoms with Crippen LogP contribution in [0.4, 0.5) is 0 Å². The summed E-state index contributed by atoms with van der Waals surface area (Å²) >= 11 is 0. The Bertz CT molecular complexity index is 218. The van der Waals surface area contributed by atoms with Crippen molar-refractivity contribution < 1.29 is 14.3 Å². The number of carbonyl (C=O) groups excluding carboxylic acids is 2. The highest BCUT2D eigenvalue weighted by Crippen LogP contribution is 2.13. The molecule has 0 rings (SSSR count). The molecule has 82 valence electrons. The molecule has 0 aromatic carbocycles. The van der Waals surface area contributed by atoms with Gasteiger partial charge < -0.3 is 10.1 Å². The Labute approximate surface area is 85.0 Å². The van der Waals surface area contributed by atoms with Crippen molar-refractivity contribution in [3.05, 3.63) is 0 Å². The molecule has 1 atom stereocenters. The molecule has 0 aliphatic carbocycles. The molecule has 0 bridgehead atoms. The largest absolute Gasteiger partial charge is 0.469 e. The van der Waals surface area contributed by atoms with Gasteiger partial charge in [-0.25, -0.2) is 0 Å². The first-order chi connectivity index (χ1) is 6.27. The SMILES string of the molecule is COC(=O)C[C@@H](C)NC(=O)C(C)(C)C. The van der Waals surface area contributed by atoms with Gasteiger partial charge in [0.15, 0.2) is 0 Å². The van der Waals surface area contributed by atoms with Gasteiger partial charge in [-0.05, 0) is 6.92 Å². The van der Waals surface area contributed by atoms with Crippen LogP contribution in [0.3, 0.4) is 0 Å². The second-order valence-corrected chi connectivity index (χ2v) is 4.40. The lowest BCUT2D eigenvalue weighted by molar-refractivity contribution is -0.141. The van der Waals surface area contributed by atoms with E-state index in [0.717, 1.165) is 0 Å². The van der Waals surface area contributed by atoms with E-state index in [2.05, 4.69) is 10.1 Å². The molecule has 4 nitrogen and oxygen atoms in total. The number of ether oxygens (including phenoxy) is 1. The van der Waals surface area contributed by atoms with Crippen LogP contribution in [0.15, 0.2) is 0 Å². The summed E-state index contributed by atoms with van der Waals surface area (Å²) in [5, 5.41) is 2.75. The number of hydrogen-bond acceptors (Lipinski definition) is 3. The van der Waals surface area contributed by atoms with Crippen molar-refractivity contribution >= 4 is 11.9 Å². The molecule has 0 unspecified atom stereocenters. The monoisotopic (exact) mass is 201 g/mol. The van der Waals surface area contributed by atoms with Crippen LogP contribution in [-0.2, 0) is 14.3 Å². The molecular weight excluding hydrogens is 182 g/mol. The van der Waals surface area contributed by atoms with E-state index >= 15 is 0 Å². The molecule has 0 saturated carbocycles. The third kappa shape index (κ3) is 4.84. The van der Waals surface area contributed by atoms with Gasteiger partial charge >= 0.3 is 5.97 Å². The third-order valence-corrected chi connectivity index (χ3v) is 1.76. The zero-order chi connectivity index (χ0) is 11.4. The Kier molecular flexibility index (Phi) is 4.60. The summed E-state index contributed by atoms with van der Waals surface area (Å²) in [4.78, 5) is 22.4. The molecule has 0 aromatic rings. The number of carbonyl (C=O) groups is 2. The summed E-state index contributed by atoms with van der Waals surface area (Å²) in [5.74, 6) is -0.374. The molecular formula is C10H19NO3. The van der Waals surface area contributed by atoms with E-state index in [1.165, 1.54) is 7.11 Å². The molecule has 4 heteroatoms. The molecule has 0 aliphatic heterocycles.